The predicted molar refractivity (Wildman–Crippen MR) is 121 cm³/mol. The predicted octanol–water partition coefficient (Wildman–Crippen LogP) is 2.68. The summed E-state index contributed by atoms with van der Waals surface area (Å²) >= 11 is 6.26. The number of hydrogen-bond donors (Lipinski definition) is 1. The number of ether oxygens (including phenoxy) is 2. The Morgan fingerprint density at radius 2 is 1.75 bits per heavy atom. The zero-order chi connectivity index (χ0) is 22.7. The maximum atomic E-state index is 12.8. The molecule has 0 radical (unpaired) electrons. The second-order valence-corrected chi connectivity index (χ2v) is 10.1. The van der Waals surface area contributed by atoms with Crippen molar-refractivity contribution >= 4 is 27.7 Å². The first-order valence-corrected chi connectivity index (χ1v) is 12.3. The molecule has 0 atom stereocenters. The average Bonchev–Trinajstić information content (AvgIpc) is 2.79. The number of halogens is 1. The summed E-state index contributed by atoms with van der Waals surface area (Å²) in [7, 11) is -3.55. The van der Waals surface area contributed by atoms with Crippen molar-refractivity contribution in [2.45, 2.75) is 18.2 Å². The Bertz CT molecular complexity index is 1080. The van der Waals surface area contributed by atoms with E-state index in [9.17, 15) is 13.2 Å². The molecule has 2 aromatic rings. The zero-order valence-corrected chi connectivity index (χ0v) is 19.4. The third kappa shape index (κ3) is 4.95. The fourth-order valence-electron chi connectivity index (χ4n) is 3.73. The van der Waals surface area contributed by atoms with Crippen molar-refractivity contribution in [3.05, 3.63) is 52.5 Å². The Kier molecular flexibility index (Phi) is 6.78. The van der Waals surface area contributed by atoms with E-state index >= 15 is 0 Å². The van der Waals surface area contributed by atoms with E-state index in [4.69, 9.17) is 21.1 Å². The Morgan fingerprint density at radius 3 is 2.47 bits per heavy atom. The van der Waals surface area contributed by atoms with E-state index < -0.39 is 10.0 Å². The summed E-state index contributed by atoms with van der Waals surface area (Å²) in [6, 6.07) is 10.3. The van der Waals surface area contributed by atoms with Gasteiger partial charge in [0, 0.05) is 32.7 Å². The minimum Gasteiger partial charge on any atom is -0.486 e. The molecule has 1 N–H and O–H groups in total. The van der Waals surface area contributed by atoms with Crippen LogP contribution in [0.5, 0.6) is 11.5 Å². The average molecular weight is 480 g/mol. The Morgan fingerprint density at radius 1 is 1.06 bits per heavy atom. The smallest absolute Gasteiger partial charge is 0.317 e. The highest BCUT2D eigenvalue weighted by atomic mass is 35.5. The van der Waals surface area contributed by atoms with Crippen LogP contribution in [0, 0.1) is 6.92 Å². The number of nitrogens with zero attached hydrogens (tertiary/aromatic N) is 2. The highest BCUT2D eigenvalue weighted by Crippen LogP contribution is 2.38. The van der Waals surface area contributed by atoms with E-state index in [0.29, 0.717) is 55.8 Å². The molecule has 2 aromatic carbocycles. The van der Waals surface area contributed by atoms with Gasteiger partial charge in [0.25, 0.3) is 0 Å². The summed E-state index contributed by atoms with van der Waals surface area (Å²) in [5, 5.41) is 3.39. The molecule has 0 bridgehead atoms. The summed E-state index contributed by atoms with van der Waals surface area (Å²) in [5.41, 5.74) is 1.94. The van der Waals surface area contributed by atoms with Gasteiger partial charge < -0.3 is 19.7 Å². The number of benzene rings is 2. The molecule has 10 heteroatoms. The van der Waals surface area contributed by atoms with Gasteiger partial charge in [-0.2, -0.15) is 4.31 Å². The molecule has 0 aromatic heterocycles. The fourth-order valence-corrected chi connectivity index (χ4v) is 5.44. The highest BCUT2D eigenvalue weighted by Gasteiger charge is 2.30. The van der Waals surface area contributed by atoms with Crippen LogP contribution >= 0.6 is 11.6 Å². The number of amides is 2. The number of carbonyl (C=O) groups excluding carboxylic acids is 1. The van der Waals surface area contributed by atoms with Crippen LogP contribution in [-0.4, -0.2) is 69.6 Å². The minimum atomic E-state index is -3.55. The quantitative estimate of drug-likeness (QED) is 0.712. The molecule has 2 aliphatic heterocycles. The maximum absolute atomic E-state index is 12.8. The summed E-state index contributed by atoms with van der Waals surface area (Å²) < 4.78 is 38.2. The number of aryl methyl sites for hydroxylation is 1. The topological polar surface area (TPSA) is 88.2 Å². The number of carbonyl (C=O) groups is 1. The number of piperazine rings is 1. The maximum Gasteiger partial charge on any atom is 0.317 e. The van der Waals surface area contributed by atoms with Crippen LogP contribution in [0.4, 0.5) is 4.79 Å². The first-order chi connectivity index (χ1) is 15.3. The monoisotopic (exact) mass is 479 g/mol. The van der Waals surface area contributed by atoms with Crippen molar-refractivity contribution in [3.63, 3.8) is 0 Å². The lowest BCUT2D eigenvalue weighted by Crippen LogP contribution is -2.53. The van der Waals surface area contributed by atoms with E-state index in [1.54, 1.807) is 29.2 Å². The minimum absolute atomic E-state index is 0.207. The third-order valence-electron chi connectivity index (χ3n) is 5.53. The molecule has 0 spiro atoms. The zero-order valence-electron chi connectivity index (χ0n) is 17.8. The standard InChI is InChI=1S/C22H26ClN3O5S/c1-16-2-4-18(5-3-16)32(28,29)26-10-8-25(9-11-26)22(27)24-7-6-17-14-19(23)21-20(15-17)30-12-13-31-21/h2-5,14-15H,6-13H2,1H3,(H,24,27). The lowest BCUT2D eigenvalue weighted by molar-refractivity contribution is 0.171. The van der Waals surface area contributed by atoms with Crippen LogP contribution in [0.1, 0.15) is 11.1 Å². The number of urea groups is 1. The molecule has 1 fully saturated rings. The number of nitrogens with one attached hydrogen (secondary N) is 1. The molecule has 1 saturated heterocycles. The molecule has 0 unspecified atom stereocenters. The van der Waals surface area contributed by atoms with E-state index in [-0.39, 0.29) is 24.0 Å². The molecule has 2 aliphatic rings. The van der Waals surface area contributed by atoms with Gasteiger partial charge in [-0.05, 0) is 43.2 Å². The normalized spacial score (nSPS) is 16.6. The molecule has 0 saturated carbocycles. The van der Waals surface area contributed by atoms with E-state index in [0.717, 1.165) is 11.1 Å². The fraction of sp³-hybridized carbons (Fsp3) is 0.409. The molecule has 8 nitrogen and oxygen atoms in total. The van der Waals surface area contributed by atoms with Gasteiger partial charge >= 0.3 is 6.03 Å². The van der Waals surface area contributed by atoms with E-state index in [1.165, 1.54) is 4.31 Å². The van der Waals surface area contributed by atoms with Crippen molar-refractivity contribution in [2.24, 2.45) is 0 Å². The SMILES string of the molecule is Cc1ccc(S(=O)(=O)N2CCN(C(=O)NCCc3cc(Cl)c4c(c3)OCCO4)CC2)cc1. The Hall–Kier alpha value is -2.49. The van der Waals surface area contributed by atoms with Crippen molar-refractivity contribution in [1.82, 2.24) is 14.5 Å². The molecule has 4 rings (SSSR count). The summed E-state index contributed by atoms with van der Waals surface area (Å²) in [4.78, 5) is 14.4. The second-order valence-electron chi connectivity index (χ2n) is 7.79. The Balaban J connectivity index is 1.27. The largest absolute Gasteiger partial charge is 0.486 e. The van der Waals surface area contributed by atoms with Crippen LogP contribution in [0.3, 0.4) is 0 Å². The van der Waals surface area contributed by atoms with Crippen molar-refractivity contribution < 1.29 is 22.7 Å². The summed E-state index contributed by atoms with van der Waals surface area (Å²) in [6.45, 7) is 4.51. The molecule has 32 heavy (non-hydrogen) atoms. The van der Waals surface area contributed by atoms with Crippen LogP contribution in [-0.2, 0) is 16.4 Å². The molecule has 2 amide bonds. The van der Waals surface area contributed by atoms with Crippen LogP contribution < -0.4 is 14.8 Å². The lowest BCUT2D eigenvalue weighted by Gasteiger charge is -2.34. The lowest BCUT2D eigenvalue weighted by atomic mass is 10.1. The second kappa shape index (κ2) is 9.56. The highest BCUT2D eigenvalue weighted by molar-refractivity contribution is 7.89. The van der Waals surface area contributed by atoms with Gasteiger partial charge in [0.05, 0.1) is 9.92 Å². The Labute approximate surface area is 193 Å². The van der Waals surface area contributed by atoms with Gasteiger partial charge in [0.1, 0.15) is 13.2 Å². The van der Waals surface area contributed by atoms with Crippen LogP contribution in [0.15, 0.2) is 41.3 Å². The van der Waals surface area contributed by atoms with Gasteiger partial charge in [0.2, 0.25) is 10.0 Å². The van der Waals surface area contributed by atoms with Gasteiger partial charge in [-0.3, -0.25) is 0 Å². The number of sulfonamides is 1. The number of hydrogen-bond acceptors (Lipinski definition) is 5. The van der Waals surface area contributed by atoms with Crippen molar-refractivity contribution in [2.75, 3.05) is 45.9 Å². The summed E-state index contributed by atoms with van der Waals surface area (Å²) in [5.74, 6) is 1.18. The molecule has 172 valence electrons. The molecule has 0 aliphatic carbocycles. The van der Waals surface area contributed by atoms with Gasteiger partial charge in [0.15, 0.2) is 11.5 Å². The third-order valence-corrected chi connectivity index (χ3v) is 7.72. The van der Waals surface area contributed by atoms with Gasteiger partial charge in [-0.25, -0.2) is 13.2 Å². The molecular formula is C22H26ClN3O5S. The van der Waals surface area contributed by atoms with Crippen LogP contribution in [0.2, 0.25) is 5.02 Å². The van der Waals surface area contributed by atoms with E-state index in [2.05, 4.69) is 5.32 Å². The molecular weight excluding hydrogens is 454 g/mol. The number of rotatable bonds is 5. The first kappa shape index (κ1) is 22.7. The van der Waals surface area contributed by atoms with Crippen molar-refractivity contribution in [1.29, 1.82) is 0 Å². The summed E-state index contributed by atoms with van der Waals surface area (Å²) in [6.07, 6.45) is 0.587. The van der Waals surface area contributed by atoms with Crippen LogP contribution in [0.25, 0.3) is 0 Å². The van der Waals surface area contributed by atoms with Gasteiger partial charge in [-0.1, -0.05) is 29.3 Å². The van der Waals surface area contributed by atoms with Gasteiger partial charge in [-0.15, -0.1) is 0 Å². The van der Waals surface area contributed by atoms with E-state index in [1.807, 2.05) is 19.1 Å². The van der Waals surface area contributed by atoms with Crippen molar-refractivity contribution in [3.8, 4) is 11.5 Å². The molecule has 2 heterocycles. The number of fused-ring (bicyclic) bond motifs is 1. The first-order valence-electron chi connectivity index (χ1n) is 10.5.